The van der Waals surface area contributed by atoms with Crippen molar-refractivity contribution in [1.82, 2.24) is 14.9 Å². The Morgan fingerprint density at radius 2 is 2.06 bits per heavy atom. The summed E-state index contributed by atoms with van der Waals surface area (Å²) in [6.45, 7) is 5.39. The summed E-state index contributed by atoms with van der Waals surface area (Å²) in [6.07, 6.45) is 0. The summed E-state index contributed by atoms with van der Waals surface area (Å²) in [4.78, 5) is 3.95. The van der Waals surface area contributed by atoms with Crippen LogP contribution in [0.4, 0.5) is 0 Å². The average Bonchev–Trinajstić information content (AvgIpc) is 2.44. The Bertz CT molecular complexity index is 363. The van der Waals surface area contributed by atoms with Crippen molar-refractivity contribution in [2.75, 3.05) is 13.2 Å². The van der Waals surface area contributed by atoms with Crippen LogP contribution in [0.1, 0.15) is 19.5 Å². The summed E-state index contributed by atoms with van der Waals surface area (Å²) in [5.41, 5.74) is 0.704. The molecule has 0 aromatic carbocycles. The molecule has 16 heavy (non-hydrogen) atoms. The number of hydrogen-bond donors (Lipinski definition) is 2. The van der Waals surface area contributed by atoms with Crippen LogP contribution in [0.15, 0.2) is 0 Å². The quantitative estimate of drug-likeness (QED) is 0.855. The summed E-state index contributed by atoms with van der Waals surface area (Å²) in [5, 5.41) is 13.1. The van der Waals surface area contributed by atoms with Gasteiger partial charge in [0.05, 0.1) is 5.69 Å². The number of aliphatic hydroxyl groups excluding tert-OH is 1. The van der Waals surface area contributed by atoms with Crippen LogP contribution in [0, 0.1) is 5.41 Å². The summed E-state index contributed by atoms with van der Waals surface area (Å²) in [5.74, 6) is 0. The predicted molar refractivity (Wildman–Crippen MR) is 65.8 cm³/mol. The number of aromatic nitrogens is 2. The van der Waals surface area contributed by atoms with E-state index in [4.69, 9.17) is 28.3 Å². The van der Waals surface area contributed by atoms with Crippen molar-refractivity contribution in [2.24, 2.45) is 12.5 Å². The van der Waals surface area contributed by atoms with E-state index in [-0.39, 0.29) is 12.0 Å². The highest BCUT2D eigenvalue weighted by atomic mass is 35.5. The molecular formula is C10H17Cl2N3O. The Morgan fingerprint density at radius 1 is 1.44 bits per heavy atom. The first kappa shape index (κ1) is 13.8. The van der Waals surface area contributed by atoms with Crippen molar-refractivity contribution in [3.05, 3.63) is 16.1 Å². The zero-order chi connectivity index (χ0) is 12.3. The van der Waals surface area contributed by atoms with Gasteiger partial charge < -0.3 is 15.0 Å². The van der Waals surface area contributed by atoms with Crippen molar-refractivity contribution in [3.63, 3.8) is 0 Å². The van der Waals surface area contributed by atoms with Gasteiger partial charge in [0.1, 0.15) is 0 Å². The zero-order valence-electron chi connectivity index (χ0n) is 9.72. The molecule has 4 nitrogen and oxygen atoms in total. The number of aliphatic hydroxyl groups is 1. The van der Waals surface area contributed by atoms with Crippen LogP contribution in [0.5, 0.6) is 0 Å². The van der Waals surface area contributed by atoms with Gasteiger partial charge in [-0.05, 0) is 11.6 Å². The van der Waals surface area contributed by atoms with Crippen LogP contribution < -0.4 is 5.32 Å². The Hall–Kier alpha value is -0.290. The van der Waals surface area contributed by atoms with Crippen molar-refractivity contribution in [1.29, 1.82) is 0 Å². The van der Waals surface area contributed by atoms with Gasteiger partial charge in [-0.3, -0.25) is 0 Å². The number of nitrogens with zero attached hydrogens (tertiary/aromatic N) is 2. The molecule has 1 heterocycles. The van der Waals surface area contributed by atoms with Gasteiger partial charge in [-0.15, -0.1) is 0 Å². The molecule has 92 valence electrons. The van der Waals surface area contributed by atoms with Gasteiger partial charge in [0.25, 0.3) is 0 Å². The van der Waals surface area contributed by atoms with Gasteiger partial charge in [0.2, 0.25) is 5.28 Å². The molecule has 0 unspecified atom stereocenters. The normalized spacial score (nSPS) is 12.1. The van der Waals surface area contributed by atoms with E-state index in [1.54, 1.807) is 4.57 Å². The summed E-state index contributed by atoms with van der Waals surface area (Å²) in [6, 6.07) is 0. The maximum absolute atomic E-state index is 9.10. The Labute approximate surface area is 106 Å². The number of nitrogens with one attached hydrogen (secondary N) is 1. The fourth-order valence-electron chi connectivity index (χ4n) is 1.24. The number of rotatable bonds is 5. The molecule has 0 radical (unpaired) electrons. The second-order valence-corrected chi connectivity index (χ2v) is 5.30. The molecule has 0 saturated carbocycles. The average molecular weight is 266 g/mol. The van der Waals surface area contributed by atoms with Crippen LogP contribution in [-0.4, -0.2) is 27.8 Å². The van der Waals surface area contributed by atoms with E-state index in [1.165, 1.54) is 0 Å². The lowest BCUT2D eigenvalue weighted by Gasteiger charge is -2.21. The number of imidazole rings is 1. The molecular weight excluding hydrogens is 249 g/mol. The maximum Gasteiger partial charge on any atom is 0.204 e. The molecule has 1 aromatic heterocycles. The predicted octanol–water partition coefficient (Wildman–Crippen LogP) is 1.83. The topological polar surface area (TPSA) is 50.1 Å². The molecule has 0 atom stereocenters. The zero-order valence-corrected chi connectivity index (χ0v) is 11.2. The molecule has 0 fully saturated rings. The molecule has 6 heteroatoms. The summed E-state index contributed by atoms with van der Waals surface area (Å²) in [7, 11) is 1.81. The highest BCUT2D eigenvalue weighted by Crippen LogP contribution is 2.19. The lowest BCUT2D eigenvalue weighted by atomic mass is 9.95. The molecule has 0 aliphatic rings. The SMILES string of the molecule is Cn1c(Cl)nc(Cl)c1CNCC(C)(C)CO. The summed E-state index contributed by atoms with van der Waals surface area (Å²) < 4.78 is 1.74. The van der Waals surface area contributed by atoms with Crippen LogP contribution >= 0.6 is 23.2 Å². The highest BCUT2D eigenvalue weighted by molar-refractivity contribution is 6.32. The Balaban J connectivity index is 2.55. The van der Waals surface area contributed by atoms with E-state index in [0.29, 0.717) is 23.5 Å². The molecule has 0 saturated heterocycles. The largest absolute Gasteiger partial charge is 0.396 e. The fourth-order valence-corrected chi connectivity index (χ4v) is 1.74. The molecule has 0 spiro atoms. The minimum Gasteiger partial charge on any atom is -0.396 e. The molecule has 1 aromatic rings. The Kier molecular flexibility index (Phi) is 4.62. The van der Waals surface area contributed by atoms with Gasteiger partial charge in [0, 0.05) is 32.2 Å². The van der Waals surface area contributed by atoms with E-state index in [2.05, 4.69) is 10.3 Å². The number of hydrogen-bond acceptors (Lipinski definition) is 3. The lowest BCUT2D eigenvalue weighted by Crippen LogP contribution is -2.32. The number of halogens is 2. The third-order valence-corrected chi connectivity index (χ3v) is 3.07. The molecule has 0 aliphatic heterocycles. The molecule has 0 amide bonds. The van der Waals surface area contributed by atoms with E-state index in [1.807, 2.05) is 20.9 Å². The van der Waals surface area contributed by atoms with Gasteiger partial charge >= 0.3 is 0 Å². The third-order valence-electron chi connectivity index (χ3n) is 2.43. The monoisotopic (exact) mass is 265 g/mol. The lowest BCUT2D eigenvalue weighted by molar-refractivity contribution is 0.156. The molecule has 0 aliphatic carbocycles. The van der Waals surface area contributed by atoms with E-state index >= 15 is 0 Å². The minimum atomic E-state index is -0.144. The van der Waals surface area contributed by atoms with Crippen LogP contribution in [-0.2, 0) is 13.6 Å². The van der Waals surface area contributed by atoms with Crippen LogP contribution in [0.2, 0.25) is 10.4 Å². The first-order valence-electron chi connectivity index (χ1n) is 5.05. The van der Waals surface area contributed by atoms with Crippen molar-refractivity contribution < 1.29 is 5.11 Å². The van der Waals surface area contributed by atoms with E-state index in [0.717, 1.165) is 5.69 Å². The third kappa shape index (κ3) is 3.35. The van der Waals surface area contributed by atoms with Crippen molar-refractivity contribution >= 4 is 23.2 Å². The van der Waals surface area contributed by atoms with Gasteiger partial charge in [-0.25, -0.2) is 4.98 Å². The highest BCUT2D eigenvalue weighted by Gasteiger charge is 2.17. The van der Waals surface area contributed by atoms with Gasteiger partial charge in [0.15, 0.2) is 5.15 Å². The van der Waals surface area contributed by atoms with Crippen LogP contribution in [0.3, 0.4) is 0 Å². The van der Waals surface area contributed by atoms with Crippen molar-refractivity contribution in [2.45, 2.75) is 20.4 Å². The molecule has 1 rings (SSSR count). The van der Waals surface area contributed by atoms with E-state index in [9.17, 15) is 0 Å². The second kappa shape index (κ2) is 5.36. The first-order valence-corrected chi connectivity index (χ1v) is 5.81. The van der Waals surface area contributed by atoms with Crippen LogP contribution in [0.25, 0.3) is 0 Å². The van der Waals surface area contributed by atoms with Gasteiger partial charge in [-0.1, -0.05) is 25.4 Å². The smallest absolute Gasteiger partial charge is 0.204 e. The summed E-state index contributed by atoms with van der Waals surface area (Å²) >= 11 is 11.8. The van der Waals surface area contributed by atoms with E-state index < -0.39 is 0 Å². The second-order valence-electron chi connectivity index (χ2n) is 4.60. The van der Waals surface area contributed by atoms with Gasteiger partial charge in [-0.2, -0.15) is 0 Å². The maximum atomic E-state index is 9.10. The first-order chi connectivity index (χ1) is 7.37. The Morgan fingerprint density at radius 3 is 2.50 bits per heavy atom. The molecule has 2 N–H and O–H groups in total. The standard InChI is InChI=1S/C10H17Cl2N3O/c1-10(2,6-16)5-13-4-7-8(11)14-9(12)15(7)3/h13,16H,4-6H2,1-3H3. The molecule has 0 bridgehead atoms. The fraction of sp³-hybridized carbons (Fsp3) is 0.700. The van der Waals surface area contributed by atoms with Crippen molar-refractivity contribution in [3.8, 4) is 0 Å². The minimum absolute atomic E-state index is 0.139.